The van der Waals surface area contributed by atoms with Gasteiger partial charge in [-0.05, 0) is 58.7 Å². The molecule has 0 aliphatic heterocycles. The summed E-state index contributed by atoms with van der Waals surface area (Å²) in [6.45, 7) is 1.25. The van der Waals surface area contributed by atoms with Gasteiger partial charge in [-0.25, -0.2) is 14.6 Å². The van der Waals surface area contributed by atoms with Crippen molar-refractivity contribution in [2.24, 2.45) is 0 Å². The summed E-state index contributed by atoms with van der Waals surface area (Å²) in [4.78, 5) is 28.1. The van der Waals surface area contributed by atoms with Gasteiger partial charge in [-0.2, -0.15) is 26.3 Å². The van der Waals surface area contributed by atoms with Crippen LogP contribution in [0.3, 0.4) is 0 Å². The van der Waals surface area contributed by atoms with Crippen molar-refractivity contribution in [1.29, 1.82) is 0 Å². The van der Waals surface area contributed by atoms with E-state index in [2.05, 4.69) is 21.4 Å². The van der Waals surface area contributed by atoms with E-state index in [1.54, 1.807) is 6.07 Å². The van der Waals surface area contributed by atoms with Crippen LogP contribution in [0, 0.1) is 0 Å². The number of methoxy groups -OCH3 is 1. The van der Waals surface area contributed by atoms with Crippen LogP contribution in [-0.2, 0) is 28.8 Å². The van der Waals surface area contributed by atoms with E-state index in [1.165, 1.54) is 13.2 Å². The van der Waals surface area contributed by atoms with Crippen LogP contribution in [0.2, 0.25) is 0 Å². The first kappa shape index (κ1) is 32.7. The molecule has 1 heterocycles. The van der Waals surface area contributed by atoms with Crippen molar-refractivity contribution in [3.05, 3.63) is 113 Å². The van der Waals surface area contributed by atoms with Crippen LogP contribution in [-0.4, -0.2) is 40.3 Å². The Morgan fingerprint density at radius 3 is 2.00 bits per heavy atom. The summed E-state index contributed by atoms with van der Waals surface area (Å²) >= 11 is 0. The zero-order valence-corrected chi connectivity index (χ0v) is 23.5. The fourth-order valence-electron chi connectivity index (χ4n) is 4.28. The summed E-state index contributed by atoms with van der Waals surface area (Å²) in [5.74, 6) is -2.60. The van der Waals surface area contributed by atoms with Gasteiger partial charge in [-0.15, -0.1) is 0 Å². The third-order valence-corrected chi connectivity index (χ3v) is 6.48. The van der Waals surface area contributed by atoms with Crippen LogP contribution in [0.4, 0.5) is 26.3 Å². The molecule has 0 aliphatic carbocycles. The van der Waals surface area contributed by atoms with Gasteiger partial charge in [-0.1, -0.05) is 54.6 Å². The Balaban J connectivity index is 0.000000591. The minimum atomic E-state index is -5.08. The van der Waals surface area contributed by atoms with Crippen molar-refractivity contribution in [2.75, 3.05) is 7.11 Å². The van der Waals surface area contributed by atoms with E-state index in [4.69, 9.17) is 14.6 Å². The number of carbonyl (C=O) groups excluding carboxylic acids is 1. The predicted molar refractivity (Wildman–Crippen MR) is 154 cm³/mol. The van der Waals surface area contributed by atoms with Crippen molar-refractivity contribution < 1.29 is 45.8 Å². The van der Waals surface area contributed by atoms with Gasteiger partial charge in [0.2, 0.25) is 0 Å². The van der Waals surface area contributed by atoms with Crippen molar-refractivity contribution >= 4 is 23.0 Å². The monoisotopic (exact) mass is 629 g/mol. The Bertz CT molecular complexity index is 1800. The lowest BCUT2D eigenvalue weighted by Crippen LogP contribution is -2.21. The fourth-order valence-corrected chi connectivity index (χ4v) is 4.28. The number of hydrogen-bond donors (Lipinski definition) is 3. The van der Waals surface area contributed by atoms with Crippen LogP contribution >= 0.6 is 0 Å². The molecular formula is C32H25F6N3O4. The second-order valence-electron chi connectivity index (χ2n) is 9.69. The molecule has 234 valence electrons. The molecule has 0 fully saturated rings. The number of carboxylic acids is 1. The summed E-state index contributed by atoms with van der Waals surface area (Å²) in [6, 6.07) is 26.7. The molecule has 4 aromatic carbocycles. The quantitative estimate of drug-likeness (QED) is 0.126. The highest BCUT2D eigenvalue weighted by molar-refractivity contribution is 5.89. The molecule has 3 N–H and O–H groups in total. The molecule has 0 saturated heterocycles. The number of esters is 1. The Labute approximate surface area is 252 Å². The number of imidazole rings is 1. The summed E-state index contributed by atoms with van der Waals surface area (Å²) in [5, 5.41) is 10.5. The highest BCUT2D eigenvalue weighted by atomic mass is 19.4. The average Bonchev–Trinajstić information content (AvgIpc) is 3.44. The molecule has 0 atom stereocenters. The summed E-state index contributed by atoms with van der Waals surface area (Å²) in [5.41, 5.74) is 5.56. The van der Waals surface area contributed by atoms with Gasteiger partial charge in [0.25, 0.3) is 0 Å². The molecule has 0 amide bonds. The molecule has 0 unspecified atom stereocenters. The lowest BCUT2D eigenvalue weighted by Gasteiger charge is -2.09. The van der Waals surface area contributed by atoms with E-state index in [0.717, 1.165) is 39.9 Å². The van der Waals surface area contributed by atoms with Crippen LogP contribution in [0.5, 0.6) is 0 Å². The molecule has 1 aromatic heterocycles. The van der Waals surface area contributed by atoms with E-state index in [0.29, 0.717) is 35.5 Å². The Hall–Kier alpha value is -5.17. The number of fused-ring (bicyclic) bond motifs is 1. The zero-order valence-electron chi connectivity index (χ0n) is 23.5. The number of ether oxygens (including phenoxy) is 1. The number of hydrogen-bond acceptors (Lipinski definition) is 5. The van der Waals surface area contributed by atoms with Gasteiger partial charge in [0.05, 0.1) is 29.3 Å². The van der Waals surface area contributed by atoms with E-state index in [-0.39, 0.29) is 5.97 Å². The van der Waals surface area contributed by atoms with Crippen LogP contribution in [0.1, 0.15) is 27.0 Å². The minimum Gasteiger partial charge on any atom is -0.475 e. The Morgan fingerprint density at radius 1 is 0.800 bits per heavy atom. The molecule has 5 rings (SSSR count). The van der Waals surface area contributed by atoms with Crippen LogP contribution in [0.25, 0.3) is 33.5 Å². The van der Waals surface area contributed by atoms with Gasteiger partial charge >= 0.3 is 24.3 Å². The van der Waals surface area contributed by atoms with Gasteiger partial charge in [-0.3, -0.25) is 0 Å². The number of halogens is 6. The fraction of sp³-hybridized carbons (Fsp3) is 0.156. The van der Waals surface area contributed by atoms with Gasteiger partial charge in [0.1, 0.15) is 5.82 Å². The summed E-state index contributed by atoms with van der Waals surface area (Å²) in [6.07, 6.45) is -9.49. The number of nitrogens with one attached hydrogen (secondary N) is 2. The summed E-state index contributed by atoms with van der Waals surface area (Å²) in [7, 11) is 1.36. The number of H-pyrrole nitrogens is 1. The second kappa shape index (κ2) is 13.6. The molecule has 0 bridgehead atoms. The van der Waals surface area contributed by atoms with E-state index < -0.39 is 23.9 Å². The van der Waals surface area contributed by atoms with Gasteiger partial charge in [0, 0.05) is 18.7 Å². The first-order chi connectivity index (χ1) is 21.2. The van der Waals surface area contributed by atoms with Crippen LogP contribution in [0.15, 0.2) is 91.0 Å². The minimum absolute atomic E-state index is 0.344. The molecule has 45 heavy (non-hydrogen) atoms. The number of aromatic nitrogens is 2. The number of alkyl halides is 6. The normalized spacial score (nSPS) is 11.5. The molecule has 7 nitrogen and oxygen atoms in total. The van der Waals surface area contributed by atoms with Crippen molar-refractivity contribution in [1.82, 2.24) is 15.3 Å². The highest BCUT2D eigenvalue weighted by Crippen LogP contribution is 2.32. The lowest BCUT2D eigenvalue weighted by molar-refractivity contribution is -0.192. The zero-order chi connectivity index (χ0) is 32.8. The standard InChI is InChI=1S/C30H24F3N3O2.C2HF3O2/c1-38-29(37)24-7-3-5-20(15-24)18-34-17-19-4-2-6-23(14-19)21-8-10-22(11-9-21)28-35-26-13-12-25(30(31,32)33)16-27(26)36-28;3-2(4,5)1(6)7/h2-16,34H,17-18H2,1H3,(H,35,36);(H,6,7). The second-order valence-corrected chi connectivity index (χ2v) is 9.69. The SMILES string of the molecule is COC(=O)c1cccc(CNCc2cccc(-c3ccc(-c4nc5ccc(C(F)(F)F)cc5[nH]4)cc3)c2)c1.O=C(O)C(F)(F)F. The number of aliphatic carboxylic acids is 1. The van der Waals surface area contributed by atoms with Gasteiger partial charge in [0.15, 0.2) is 0 Å². The number of benzene rings is 4. The van der Waals surface area contributed by atoms with E-state index >= 15 is 0 Å². The van der Waals surface area contributed by atoms with Gasteiger partial charge < -0.3 is 20.1 Å². The molecule has 0 aliphatic rings. The van der Waals surface area contributed by atoms with Crippen molar-refractivity contribution in [3.8, 4) is 22.5 Å². The Morgan fingerprint density at radius 2 is 1.40 bits per heavy atom. The lowest BCUT2D eigenvalue weighted by atomic mass is 10.0. The van der Waals surface area contributed by atoms with E-state index in [9.17, 15) is 31.1 Å². The highest BCUT2D eigenvalue weighted by Gasteiger charge is 2.38. The molecule has 0 radical (unpaired) electrons. The topological polar surface area (TPSA) is 104 Å². The summed E-state index contributed by atoms with van der Waals surface area (Å²) < 4.78 is 75.6. The first-order valence-electron chi connectivity index (χ1n) is 13.2. The Kier molecular flexibility index (Phi) is 9.92. The molecule has 0 spiro atoms. The number of nitrogens with zero attached hydrogens (tertiary/aromatic N) is 1. The maximum atomic E-state index is 13.0. The number of aromatic amines is 1. The van der Waals surface area contributed by atoms with Crippen LogP contribution < -0.4 is 5.32 Å². The maximum absolute atomic E-state index is 13.0. The third kappa shape index (κ3) is 8.70. The maximum Gasteiger partial charge on any atom is 0.490 e. The smallest absolute Gasteiger partial charge is 0.475 e. The number of carbonyl (C=O) groups is 2. The number of carboxylic acid groups (broad SMARTS) is 1. The predicted octanol–water partition coefficient (Wildman–Crippen LogP) is 7.63. The average molecular weight is 630 g/mol. The van der Waals surface area contributed by atoms with E-state index in [1.807, 2.05) is 60.7 Å². The third-order valence-electron chi connectivity index (χ3n) is 6.48. The molecule has 5 aromatic rings. The number of rotatable bonds is 7. The molecule has 0 saturated carbocycles. The molecule has 13 heteroatoms. The first-order valence-corrected chi connectivity index (χ1v) is 13.2. The van der Waals surface area contributed by atoms with Crippen molar-refractivity contribution in [3.63, 3.8) is 0 Å². The largest absolute Gasteiger partial charge is 0.490 e. The molecular weight excluding hydrogens is 604 g/mol. The van der Waals surface area contributed by atoms with Crippen molar-refractivity contribution in [2.45, 2.75) is 25.4 Å².